The molecule has 6 heteroatoms. The lowest BCUT2D eigenvalue weighted by molar-refractivity contribution is 0.170. The summed E-state index contributed by atoms with van der Waals surface area (Å²) in [6.07, 6.45) is 3.60. The first kappa shape index (κ1) is 21.4. The van der Waals surface area contributed by atoms with Gasteiger partial charge in [-0.1, -0.05) is 36.4 Å². The van der Waals surface area contributed by atoms with Crippen LogP contribution in [0.15, 0.2) is 48.8 Å². The van der Waals surface area contributed by atoms with E-state index in [-0.39, 0.29) is 17.1 Å². The number of aromatic nitrogens is 2. The Kier molecular flexibility index (Phi) is 5.52. The Morgan fingerprint density at radius 3 is 2.42 bits per heavy atom. The molecule has 4 N–H and O–H groups in total. The Morgan fingerprint density at radius 1 is 1.03 bits per heavy atom. The van der Waals surface area contributed by atoms with Crippen LogP contribution in [0.5, 0.6) is 0 Å². The van der Waals surface area contributed by atoms with Crippen LogP contribution >= 0.6 is 0 Å². The summed E-state index contributed by atoms with van der Waals surface area (Å²) in [5.74, 6) is 1.45. The quantitative estimate of drug-likeness (QED) is 0.535. The van der Waals surface area contributed by atoms with Crippen LogP contribution in [-0.2, 0) is 0 Å². The highest BCUT2D eigenvalue weighted by atomic mass is 15.2. The SMILES string of the molecule is CCN(c1ncnc(NC2CC(C)(C)NC(C)(C)C2)c1N)c1cccc2ccccc12. The van der Waals surface area contributed by atoms with Crippen molar-refractivity contribution in [2.75, 3.05) is 22.5 Å². The number of nitrogens with one attached hydrogen (secondary N) is 2. The van der Waals surface area contributed by atoms with E-state index in [1.165, 1.54) is 10.8 Å². The van der Waals surface area contributed by atoms with Gasteiger partial charge in [0.25, 0.3) is 0 Å². The zero-order valence-electron chi connectivity index (χ0n) is 19.2. The Balaban J connectivity index is 1.68. The van der Waals surface area contributed by atoms with Gasteiger partial charge in [0.05, 0.1) is 5.69 Å². The van der Waals surface area contributed by atoms with Gasteiger partial charge in [-0.25, -0.2) is 9.97 Å². The second kappa shape index (κ2) is 8.00. The molecule has 0 bridgehead atoms. The molecule has 2 heterocycles. The van der Waals surface area contributed by atoms with E-state index in [1.54, 1.807) is 6.33 Å². The lowest BCUT2D eigenvalue weighted by atomic mass is 9.79. The van der Waals surface area contributed by atoms with Gasteiger partial charge in [0.15, 0.2) is 11.6 Å². The number of benzene rings is 2. The molecule has 4 rings (SSSR count). The number of hydrogen-bond donors (Lipinski definition) is 3. The number of anilines is 4. The second-order valence-corrected chi connectivity index (χ2v) is 9.84. The maximum Gasteiger partial charge on any atom is 0.161 e. The van der Waals surface area contributed by atoms with Crippen LogP contribution in [-0.4, -0.2) is 33.6 Å². The first-order valence-corrected chi connectivity index (χ1v) is 11.1. The molecule has 1 fully saturated rings. The molecule has 0 atom stereocenters. The fourth-order valence-corrected chi connectivity index (χ4v) is 5.21. The number of nitrogens with two attached hydrogens (primary N) is 1. The fourth-order valence-electron chi connectivity index (χ4n) is 5.21. The van der Waals surface area contributed by atoms with Gasteiger partial charge in [0.2, 0.25) is 0 Å². The van der Waals surface area contributed by atoms with Gasteiger partial charge in [-0.15, -0.1) is 0 Å². The third kappa shape index (κ3) is 4.44. The summed E-state index contributed by atoms with van der Waals surface area (Å²) in [7, 11) is 0. The molecular formula is C25H34N6. The molecule has 1 aromatic heterocycles. The van der Waals surface area contributed by atoms with Gasteiger partial charge in [0, 0.05) is 29.1 Å². The third-order valence-electron chi connectivity index (χ3n) is 6.02. The predicted octanol–water partition coefficient (Wildman–Crippen LogP) is 5.09. The van der Waals surface area contributed by atoms with Crippen molar-refractivity contribution in [2.45, 2.75) is 64.6 Å². The van der Waals surface area contributed by atoms with Gasteiger partial charge < -0.3 is 21.3 Å². The number of fused-ring (bicyclic) bond motifs is 1. The molecule has 0 aliphatic carbocycles. The number of nitrogens with zero attached hydrogens (tertiary/aromatic N) is 3. The van der Waals surface area contributed by atoms with Crippen molar-refractivity contribution >= 4 is 33.8 Å². The molecule has 164 valence electrons. The van der Waals surface area contributed by atoms with E-state index in [9.17, 15) is 0 Å². The average molecular weight is 419 g/mol. The topological polar surface area (TPSA) is 79.1 Å². The first-order valence-electron chi connectivity index (χ1n) is 11.1. The normalized spacial score (nSPS) is 18.1. The Labute approximate surface area is 185 Å². The lowest BCUT2D eigenvalue weighted by Gasteiger charge is -2.46. The molecule has 1 aliphatic rings. The molecule has 1 aliphatic heterocycles. The van der Waals surface area contributed by atoms with Gasteiger partial charge in [0.1, 0.15) is 12.0 Å². The number of hydrogen-bond acceptors (Lipinski definition) is 6. The minimum Gasteiger partial charge on any atom is -0.393 e. The molecule has 1 saturated heterocycles. The summed E-state index contributed by atoms with van der Waals surface area (Å²) in [6.45, 7) is 11.9. The maximum absolute atomic E-state index is 6.65. The van der Waals surface area contributed by atoms with E-state index in [0.29, 0.717) is 11.5 Å². The van der Waals surface area contributed by atoms with Crippen molar-refractivity contribution in [2.24, 2.45) is 0 Å². The zero-order chi connectivity index (χ0) is 22.2. The Hall–Kier alpha value is -2.86. The van der Waals surface area contributed by atoms with E-state index in [0.717, 1.165) is 30.9 Å². The number of piperidine rings is 1. The molecule has 0 radical (unpaired) electrons. The number of nitrogen functional groups attached to an aromatic ring is 1. The minimum atomic E-state index is 0.0441. The van der Waals surface area contributed by atoms with Crippen LogP contribution in [0, 0.1) is 0 Å². The molecule has 3 aromatic rings. The molecule has 0 unspecified atom stereocenters. The van der Waals surface area contributed by atoms with Crippen molar-refractivity contribution in [1.29, 1.82) is 0 Å². The summed E-state index contributed by atoms with van der Waals surface area (Å²) in [5, 5.41) is 9.73. The van der Waals surface area contributed by atoms with E-state index < -0.39 is 0 Å². The molecule has 0 amide bonds. The molecule has 31 heavy (non-hydrogen) atoms. The standard InChI is InChI=1S/C25H34N6/c1-6-31(20-13-9-11-17-10-7-8-12-19(17)20)23-21(26)22(27-16-28-23)29-18-14-24(2,3)30-25(4,5)15-18/h7-13,16,18,30H,6,14-15,26H2,1-5H3,(H,27,28,29). The molecule has 0 saturated carbocycles. The smallest absolute Gasteiger partial charge is 0.161 e. The summed E-state index contributed by atoms with van der Waals surface area (Å²) < 4.78 is 0. The monoisotopic (exact) mass is 418 g/mol. The maximum atomic E-state index is 6.65. The predicted molar refractivity (Wildman–Crippen MR) is 131 cm³/mol. The van der Waals surface area contributed by atoms with E-state index in [1.807, 2.05) is 0 Å². The summed E-state index contributed by atoms with van der Waals surface area (Å²) in [4.78, 5) is 11.3. The van der Waals surface area contributed by atoms with Crippen LogP contribution in [0.4, 0.5) is 23.0 Å². The summed E-state index contributed by atoms with van der Waals surface area (Å²) in [5.41, 5.74) is 8.42. The van der Waals surface area contributed by atoms with Crippen molar-refractivity contribution in [3.63, 3.8) is 0 Å². The highest BCUT2D eigenvalue weighted by molar-refractivity contribution is 5.97. The van der Waals surface area contributed by atoms with Crippen LogP contribution < -0.4 is 21.3 Å². The van der Waals surface area contributed by atoms with E-state index in [2.05, 4.69) is 103 Å². The molecule has 2 aromatic carbocycles. The highest BCUT2D eigenvalue weighted by Crippen LogP contribution is 2.37. The molecule has 0 spiro atoms. The molecule has 6 nitrogen and oxygen atoms in total. The van der Waals surface area contributed by atoms with Crippen molar-refractivity contribution in [3.8, 4) is 0 Å². The van der Waals surface area contributed by atoms with Crippen LogP contribution in [0.2, 0.25) is 0 Å². The highest BCUT2D eigenvalue weighted by Gasteiger charge is 2.38. The number of rotatable bonds is 5. The largest absolute Gasteiger partial charge is 0.393 e. The van der Waals surface area contributed by atoms with Crippen LogP contribution in [0.25, 0.3) is 10.8 Å². The van der Waals surface area contributed by atoms with Crippen molar-refractivity contribution < 1.29 is 0 Å². The third-order valence-corrected chi connectivity index (χ3v) is 6.02. The minimum absolute atomic E-state index is 0.0441. The summed E-state index contributed by atoms with van der Waals surface area (Å²) in [6, 6.07) is 15.0. The van der Waals surface area contributed by atoms with Gasteiger partial charge >= 0.3 is 0 Å². The van der Waals surface area contributed by atoms with E-state index >= 15 is 0 Å². The van der Waals surface area contributed by atoms with Crippen molar-refractivity contribution in [1.82, 2.24) is 15.3 Å². The zero-order valence-corrected chi connectivity index (χ0v) is 19.2. The van der Waals surface area contributed by atoms with Crippen LogP contribution in [0.1, 0.15) is 47.5 Å². The Morgan fingerprint density at radius 2 is 1.71 bits per heavy atom. The van der Waals surface area contributed by atoms with E-state index in [4.69, 9.17) is 5.73 Å². The van der Waals surface area contributed by atoms with Gasteiger partial charge in [-0.2, -0.15) is 0 Å². The van der Waals surface area contributed by atoms with Gasteiger partial charge in [-0.3, -0.25) is 0 Å². The fraction of sp³-hybridized carbons (Fsp3) is 0.440. The second-order valence-electron chi connectivity index (χ2n) is 9.84. The molecular weight excluding hydrogens is 384 g/mol. The van der Waals surface area contributed by atoms with Gasteiger partial charge in [-0.05, 0) is 58.9 Å². The lowest BCUT2D eigenvalue weighted by Crippen LogP contribution is -2.60. The average Bonchev–Trinajstić information content (AvgIpc) is 2.69. The summed E-state index contributed by atoms with van der Waals surface area (Å²) >= 11 is 0. The van der Waals surface area contributed by atoms with Crippen LogP contribution in [0.3, 0.4) is 0 Å². The van der Waals surface area contributed by atoms with Crippen molar-refractivity contribution in [3.05, 3.63) is 48.8 Å². The first-order chi connectivity index (χ1) is 14.7. The Bertz CT molecular complexity index is 1050.